The number of esters is 1. The van der Waals surface area contributed by atoms with Crippen LogP contribution < -0.4 is 4.90 Å². The molecular formula is C13H16N2O3. The van der Waals surface area contributed by atoms with E-state index in [9.17, 15) is 9.59 Å². The summed E-state index contributed by atoms with van der Waals surface area (Å²) in [6.45, 7) is 4.21. The van der Waals surface area contributed by atoms with Gasteiger partial charge in [-0.3, -0.25) is 14.5 Å². The molecule has 0 aromatic carbocycles. The molecule has 1 amide bonds. The Bertz CT molecular complexity index is 499. The molecule has 1 aromatic heterocycles. The van der Waals surface area contributed by atoms with Crippen LogP contribution in [0.25, 0.3) is 0 Å². The molecule has 2 heterocycles. The predicted octanol–water partition coefficient (Wildman–Crippen LogP) is 1.22. The van der Waals surface area contributed by atoms with Crippen molar-refractivity contribution in [1.29, 1.82) is 0 Å². The van der Waals surface area contributed by atoms with E-state index in [1.54, 1.807) is 11.1 Å². The van der Waals surface area contributed by atoms with Crippen LogP contribution in [0, 0.1) is 19.8 Å². The number of aryl methyl sites for hydroxylation is 2. The van der Waals surface area contributed by atoms with Gasteiger partial charge in [-0.15, -0.1) is 0 Å². The Labute approximate surface area is 106 Å². The van der Waals surface area contributed by atoms with Crippen LogP contribution in [0.4, 0.5) is 5.82 Å². The molecule has 1 unspecified atom stereocenters. The van der Waals surface area contributed by atoms with Gasteiger partial charge in [0.2, 0.25) is 5.91 Å². The second kappa shape index (κ2) is 4.76. The fourth-order valence-electron chi connectivity index (χ4n) is 2.23. The molecule has 0 N–H and O–H groups in total. The van der Waals surface area contributed by atoms with Crippen LogP contribution in [0.3, 0.4) is 0 Å². The summed E-state index contributed by atoms with van der Waals surface area (Å²) < 4.78 is 4.68. The summed E-state index contributed by atoms with van der Waals surface area (Å²) in [6.07, 6.45) is 1.92. The van der Waals surface area contributed by atoms with Crippen molar-refractivity contribution < 1.29 is 14.3 Å². The maximum Gasteiger partial charge on any atom is 0.311 e. The minimum absolute atomic E-state index is 0.0788. The van der Waals surface area contributed by atoms with Gasteiger partial charge < -0.3 is 4.74 Å². The van der Waals surface area contributed by atoms with Crippen molar-refractivity contribution in [2.45, 2.75) is 20.3 Å². The Balaban J connectivity index is 2.24. The van der Waals surface area contributed by atoms with E-state index in [-0.39, 0.29) is 24.2 Å². The molecule has 1 aliphatic rings. The molecule has 5 nitrogen and oxygen atoms in total. The SMILES string of the molecule is COC(=O)C1CC(=O)N(c2ncc(C)cc2C)C1. The zero-order chi connectivity index (χ0) is 13.3. The Morgan fingerprint density at radius 3 is 2.83 bits per heavy atom. The summed E-state index contributed by atoms with van der Waals surface area (Å²) in [6, 6.07) is 1.97. The van der Waals surface area contributed by atoms with Crippen molar-refractivity contribution in [3.63, 3.8) is 0 Å². The van der Waals surface area contributed by atoms with Crippen molar-refractivity contribution in [3.05, 3.63) is 23.4 Å². The highest BCUT2D eigenvalue weighted by Crippen LogP contribution is 2.26. The number of nitrogens with zero attached hydrogens (tertiary/aromatic N) is 2. The van der Waals surface area contributed by atoms with Gasteiger partial charge >= 0.3 is 5.97 Å². The lowest BCUT2D eigenvalue weighted by Crippen LogP contribution is -2.27. The van der Waals surface area contributed by atoms with E-state index < -0.39 is 0 Å². The van der Waals surface area contributed by atoms with E-state index in [1.165, 1.54) is 7.11 Å². The zero-order valence-electron chi connectivity index (χ0n) is 10.8. The number of anilines is 1. The lowest BCUT2D eigenvalue weighted by molar-refractivity contribution is -0.145. The van der Waals surface area contributed by atoms with Gasteiger partial charge in [-0.25, -0.2) is 4.98 Å². The first-order chi connectivity index (χ1) is 8.52. The molecule has 1 aromatic rings. The smallest absolute Gasteiger partial charge is 0.311 e. The summed E-state index contributed by atoms with van der Waals surface area (Å²) in [5.41, 5.74) is 1.99. The maximum absolute atomic E-state index is 11.9. The summed E-state index contributed by atoms with van der Waals surface area (Å²) in [5, 5.41) is 0. The third kappa shape index (κ3) is 2.20. The van der Waals surface area contributed by atoms with Crippen LogP contribution in [-0.4, -0.2) is 30.5 Å². The summed E-state index contributed by atoms with van der Waals surface area (Å²) in [5.74, 6) is -0.164. The molecule has 0 spiro atoms. The largest absolute Gasteiger partial charge is 0.469 e. The average Bonchev–Trinajstić information content (AvgIpc) is 2.70. The molecule has 1 atom stereocenters. The van der Waals surface area contributed by atoms with Crippen molar-refractivity contribution in [1.82, 2.24) is 4.98 Å². The first kappa shape index (κ1) is 12.5. The van der Waals surface area contributed by atoms with Crippen molar-refractivity contribution >= 4 is 17.7 Å². The van der Waals surface area contributed by atoms with E-state index >= 15 is 0 Å². The van der Waals surface area contributed by atoms with Gasteiger partial charge in [-0.1, -0.05) is 6.07 Å². The van der Waals surface area contributed by atoms with Gasteiger partial charge in [0.15, 0.2) is 0 Å². The average molecular weight is 248 g/mol. The van der Waals surface area contributed by atoms with Gasteiger partial charge in [-0.05, 0) is 25.0 Å². The number of amides is 1. The number of carbonyl (C=O) groups is 2. The highest BCUT2D eigenvalue weighted by atomic mass is 16.5. The summed E-state index contributed by atoms with van der Waals surface area (Å²) in [7, 11) is 1.34. The second-order valence-corrected chi connectivity index (χ2v) is 4.58. The fraction of sp³-hybridized carbons (Fsp3) is 0.462. The third-order valence-electron chi connectivity index (χ3n) is 3.10. The van der Waals surface area contributed by atoms with Crippen molar-refractivity contribution in [3.8, 4) is 0 Å². The van der Waals surface area contributed by atoms with Gasteiger partial charge in [0, 0.05) is 19.2 Å². The molecule has 18 heavy (non-hydrogen) atoms. The number of methoxy groups -OCH3 is 1. The van der Waals surface area contributed by atoms with Crippen molar-refractivity contribution in [2.75, 3.05) is 18.6 Å². The Morgan fingerprint density at radius 1 is 1.50 bits per heavy atom. The van der Waals surface area contributed by atoms with Crippen LogP contribution in [0.5, 0.6) is 0 Å². The molecule has 0 saturated carbocycles. The topological polar surface area (TPSA) is 59.5 Å². The van der Waals surface area contributed by atoms with Crippen LogP contribution in [0.1, 0.15) is 17.5 Å². The van der Waals surface area contributed by atoms with E-state index in [4.69, 9.17) is 0 Å². The molecule has 0 radical (unpaired) electrons. The standard InChI is InChI=1S/C13H16N2O3/c1-8-4-9(2)12(14-6-8)15-7-10(5-11(15)16)13(17)18-3/h4,6,10H,5,7H2,1-3H3. The van der Waals surface area contributed by atoms with E-state index in [2.05, 4.69) is 9.72 Å². The minimum Gasteiger partial charge on any atom is -0.469 e. The van der Waals surface area contributed by atoms with E-state index in [0.717, 1.165) is 11.1 Å². The normalized spacial score (nSPS) is 19.2. The van der Waals surface area contributed by atoms with Crippen LogP contribution in [0.15, 0.2) is 12.3 Å². The quantitative estimate of drug-likeness (QED) is 0.738. The maximum atomic E-state index is 11.9. The van der Waals surface area contributed by atoms with E-state index in [1.807, 2.05) is 19.9 Å². The molecule has 0 aliphatic carbocycles. The van der Waals surface area contributed by atoms with Crippen molar-refractivity contribution in [2.24, 2.45) is 5.92 Å². The Hall–Kier alpha value is -1.91. The molecular weight excluding hydrogens is 232 g/mol. The molecule has 1 aliphatic heterocycles. The number of pyridine rings is 1. The number of carbonyl (C=O) groups excluding carboxylic acids is 2. The van der Waals surface area contributed by atoms with Gasteiger partial charge in [-0.2, -0.15) is 0 Å². The van der Waals surface area contributed by atoms with Gasteiger partial charge in [0.25, 0.3) is 0 Å². The number of hydrogen-bond acceptors (Lipinski definition) is 4. The lowest BCUT2D eigenvalue weighted by atomic mass is 10.1. The van der Waals surface area contributed by atoms with Gasteiger partial charge in [0.1, 0.15) is 5.82 Å². The lowest BCUT2D eigenvalue weighted by Gasteiger charge is -2.17. The van der Waals surface area contributed by atoms with Crippen LogP contribution in [0.2, 0.25) is 0 Å². The monoisotopic (exact) mass is 248 g/mol. The predicted molar refractivity (Wildman–Crippen MR) is 66.2 cm³/mol. The summed E-state index contributed by atoms with van der Waals surface area (Å²) in [4.78, 5) is 29.2. The number of hydrogen-bond donors (Lipinski definition) is 0. The third-order valence-corrected chi connectivity index (χ3v) is 3.10. The molecule has 5 heteroatoms. The van der Waals surface area contributed by atoms with Crippen LogP contribution >= 0.6 is 0 Å². The number of aromatic nitrogens is 1. The molecule has 1 saturated heterocycles. The zero-order valence-corrected chi connectivity index (χ0v) is 10.8. The number of rotatable bonds is 2. The first-order valence-corrected chi connectivity index (χ1v) is 5.84. The molecule has 0 bridgehead atoms. The molecule has 1 fully saturated rings. The summed E-state index contributed by atoms with van der Waals surface area (Å²) >= 11 is 0. The Kier molecular flexibility index (Phi) is 3.32. The first-order valence-electron chi connectivity index (χ1n) is 5.84. The number of ether oxygens (including phenoxy) is 1. The second-order valence-electron chi connectivity index (χ2n) is 4.58. The fourth-order valence-corrected chi connectivity index (χ4v) is 2.23. The molecule has 2 rings (SSSR count). The highest BCUT2D eigenvalue weighted by Gasteiger charge is 2.36. The van der Waals surface area contributed by atoms with Crippen LogP contribution in [-0.2, 0) is 14.3 Å². The Morgan fingerprint density at radius 2 is 2.22 bits per heavy atom. The minimum atomic E-state index is -0.384. The highest BCUT2D eigenvalue weighted by molar-refractivity contribution is 5.99. The van der Waals surface area contributed by atoms with Gasteiger partial charge in [0.05, 0.1) is 13.0 Å². The van der Waals surface area contributed by atoms with E-state index in [0.29, 0.717) is 12.4 Å². The molecule has 96 valence electrons.